The van der Waals surface area contributed by atoms with Crippen molar-refractivity contribution < 1.29 is 4.74 Å². The van der Waals surface area contributed by atoms with Gasteiger partial charge in [0.25, 0.3) is 0 Å². The molecule has 20 heavy (non-hydrogen) atoms. The Bertz CT molecular complexity index is 784. The van der Waals surface area contributed by atoms with E-state index in [1.807, 2.05) is 31.3 Å². The van der Waals surface area contributed by atoms with E-state index in [1.54, 1.807) is 13.2 Å². The van der Waals surface area contributed by atoms with Crippen LogP contribution in [0.2, 0.25) is 0 Å². The molecule has 2 heterocycles. The Morgan fingerprint density at radius 3 is 2.65 bits per heavy atom. The van der Waals surface area contributed by atoms with Crippen molar-refractivity contribution in [3.05, 3.63) is 48.2 Å². The summed E-state index contributed by atoms with van der Waals surface area (Å²) < 4.78 is 5.28. The maximum atomic E-state index is 5.66. The average Bonchev–Trinajstić information content (AvgIpc) is 2.46. The molecule has 0 atom stereocenters. The van der Waals surface area contributed by atoms with Crippen molar-refractivity contribution >= 4 is 16.9 Å². The second kappa shape index (κ2) is 4.81. The topological polar surface area (TPSA) is 61.0 Å². The van der Waals surface area contributed by atoms with E-state index in [0.717, 1.165) is 27.8 Å². The minimum Gasteiger partial charge on any atom is -0.496 e. The van der Waals surface area contributed by atoms with E-state index < -0.39 is 0 Å². The van der Waals surface area contributed by atoms with Gasteiger partial charge in [-0.1, -0.05) is 6.07 Å². The van der Waals surface area contributed by atoms with Crippen LogP contribution in [0.15, 0.2) is 42.6 Å². The van der Waals surface area contributed by atoms with Crippen LogP contribution in [0.25, 0.3) is 22.2 Å². The molecular formula is C16H15N3O. The molecule has 100 valence electrons. The Hall–Kier alpha value is -2.62. The fourth-order valence-corrected chi connectivity index (χ4v) is 2.24. The smallest absolute Gasteiger partial charge is 0.161 e. The highest BCUT2D eigenvalue weighted by Gasteiger charge is 2.05. The van der Waals surface area contributed by atoms with Gasteiger partial charge in [0.05, 0.1) is 7.11 Å². The fourth-order valence-electron chi connectivity index (χ4n) is 2.24. The van der Waals surface area contributed by atoms with Crippen LogP contribution in [-0.4, -0.2) is 17.1 Å². The molecule has 0 saturated heterocycles. The predicted octanol–water partition coefficient (Wildman–Crippen LogP) is 3.20. The molecule has 0 unspecified atom stereocenters. The minimum atomic E-state index is 0.484. The summed E-state index contributed by atoms with van der Waals surface area (Å²) in [6.07, 6.45) is 1.82. The van der Waals surface area contributed by atoms with Gasteiger partial charge in [0.2, 0.25) is 0 Å². The fraction of sp³-hybridized carbons (Fsp3) is 0.125. The monoisotopic (exact) mass is 265 g/mol. The van der Waals surface area contributed by atoms with E-state index in [0.29, 0.717) is 11.5 Å². The Kier molecular flexibility index (Phi) is 2.99. The molecule has 2 aromatic heterocycles. The maximum Gasteiger partial charge on any atom is 0.161 e. The summed E-state index contributed by atoms with van der Waals surface area (Å²) in [6, 6.07) is 11.9. The lowest BCUT2D eigenvalue weighted by Gasteiger charge is -2.08. The van der Waals surface area contributed by atoms with Crippen LogP contribution >= 0.6 is 0 Å². The Labute approximate surface area is 117 Å². The number of aromatic nitrogens is 2. The standard InChI is InChI=1S/C16H15N3O/c1-10-7-11(3-5-14(10)20-2)13-8-12-4-6-15(17)19-16(12)18-9-13/h3-9H,1-2H3,(H2,17,18,19). The van der Waals surface area contributed by atoms with Gasteiger partial charge in [-0.2, -0.15) is 0 Å². The SMILES string of the molecule is COc1ccc(-c2cnc3nc(N)ccc3c2)cc1C. The van der Waals surface area contributed by atoms with Gasteiger partial charge >= 0.3 is 0 Å². The number of benzene rings is 1. The van der Waals surface area contributed by atoms with Crippen LogP contribution in [0.5, 0.6) is 5.75 Å². The zero-order valence-electron chi connectivity index (χ0n) is 11.4. The van der Waals surface area contributed by atoms with Gasteiger partial charge in [-0.25, -0.2) is 9.97 Å². The van der Waals surface area contributed by atoms with E-state index in [2.05, 4.69) is 22.1 Å². The Balaban J connectivity index is 2.10. The molecule has 0 spiro atoms. The van der Waals surface area contributed by atoms with Crippen LogP contribution in [0.4, 0.5) is 5.82 Å². The highest BCUT2D eigenvalue weighted by Crippen LogP contribution is 2.27. The highest BCUT2D eigenvalue weighted by molar-refractivity contribution is 5.82. The van der Waals surface area contributed by atoms with Crippen molar-refractivity contribution in [1.29, 1.82) is 0 Å². The van der Waals surface area contributed by atoms with E-state index >= 15 is 0 Å². The first-order valence-corrected chi connectivity index (χ1v) is 6.34. The average molecular weight is 265 g/mol. The molecule has 3 aromatic rings. The van der Waals surface area contributed by atoms with Crippen molar-refractivity contribution in [3.8, 4) is 16.9 Å². The summed E-state index contributed by atoms with van der Waals surface area (Å²) in [4.78, 5) is 8.57. The second-order valence-corrected chi connectivity index (χ2v) is 4.69. The number of nitrogens with zero attached hydrogens (tertiary/aromatic N) is 2. The second-order valence-electron chi connectivity index (χ2n) is 4.69. The summed E-state index contributed by atoms with van der Waals surface area (Å²) in [5, 5.41) is 0.977. The van der Waals surface area contributed by atoms with Crippen LogP contribution in [0.1, 0.15) is 5.56 Å². The zero-order valence-corrected chi connectivity index (χ0v) is 11.4. The molecule has 1 aromatic carbocycles. The zero-order chi connectivity index (χ0) is 14.1. The van der Waals surface area contributed by atoms with Crippen molar-refractivity contribution in [2.75, 3.05) is 12.8 Å². The quantitative estimate of drug-likeness (QED) is 0.773. The molecule has 3 rings (SSSR count). The number of pyridine rings is 2. The van der Waals surface area contributed by atoms with Crippen LogP contribution < -0.4 is 10.5 Å². The highest BCUT2D eigenvalue weighted by atomic mass is 16.5. The molecule has 4 heteroatoms. The largest absolute Gasteiger partial charge is 0.496 e. The first-order valence-electron chi connectivity index (χ1n) is 6.34. The van der Waals surface area contributed by atoms with Gasteiger partial charge in [0, 0.05) is 17.1 Å². The van der Waals surface area contributed by atoms with Gasteiger partial charge in [0.15, 0.2) is 5.65 Å². The summed E-state index contributed by atoms with van der Waals surface area (Å²) in [5.41, 5.74) is 9.58. The molecule has 0 bridgehead atoms. The van der Waals surface area contributed by atoms with Crippen molar-refractivity contribution in [1.82, 2.24) is 9.97 Å². The lowest BCUT2D eigenvalue weighted by atomic mass is 10.0. The number of nitrogen functional groups attached to an aromatic ring is 1. The molecule has 0 amide bonds. The number of hydrogen-bond donors (Lipinski definition) is 1. The van der Waals surface area contributed by atoms with Crippen LogP contribution in [0, 0.1) is 6.92 Å². The minimum absolute atomic E-state index is 0.484. The molecule has 0 radical (unpaired) electrons. The summed E-state index contributed by atoms with van der Waals surface area (Å²) in [5.74, 6) is 1.37. The number of methoxy groups -OCH3 is 1. The molecule has 0 aliphatic rings. The first-order chi connectivity index (χ1) is 9.67. The number of nitrogens with two attached hydrogens (primary N) is 1. The third-order valence-electron chi connectivity index (χ3n) is 3.29. The van der Waals surface area contributed by atoms with Gasteiger partial charge < -0.3 is 10.5 Å². The molecule has 0 aliphatic carbocycles. The number of aryl methyl sites for hydroxylation is 1. The lowest BCUT2D eigenvalue weighted by molar-refractivity contribution is 0.412. The summed E-state index contributed by atoms with van der Waals surface area (Å²) in [7, 11) is 1.68. The van der Waals surface area contributed by atoms with Crippen LogP contribution in [0.3, 0.4) is 0 Å². The number of anilines is 1. The maximum absolute atomic E-state index is 5.66. The molecule has 4 nitrogen and oxygen atoms in total. The lowest BCUT2D eigenvalue weighted by Crippen LogP contribution is -1.92. The van der Waals surface area contributed by atoms with Gasteiger partial charge in [-0.3, -0.25) is 0 Å². The first kappa shape index (κ1) is 12.4. The summed E-state index contributed by atoms with van der Waals surface area (Å²) in [6.45, 7) is 2.03. The Morgan fingerprint density at radius 2 is 1.90 bits per heavy atom. The number of ether oxygens (including phenoxy) is 1. The third kappa shape index (κ3) is 2.16. The van der Waals surface area contributed by atoms with Crippen LogP contribution in [-0.2, 0) is 0 Å². The number of rotatable bonds is 2. The van der Waals surface area contributed by atoms with E-state index in [1.165, 1.54) is 0 Å². The molecule has 0 saturated carbocycles. The third-order valence-corrected chi connectivity index (χ3v) is 3.29. The van der Waals surface area contributed by atoms with Crippen molar-refractivity contribution in [3.63, 3.8) is 0 Å². The molecule has 0 fully saturated rings. The number of fused-ring (bicyclic) bond motifs is 1. The number of hydrogen-bond acceptors (Lipinski definition) is 4. The van der Waals surface area contributed by atoms with E-state index in [-0.39, 0.29) is 0 Å². The normalized spacial score (nSPS) is 10.7. The van der Waals surface area contributed by atoms with Gasteiger partial charge in [-0.15, -0.1) is 0 Å². The van der Waals surface area contributed by atoms with Gasteiger partial charge in [-0.05, 0) is 48.4 Å². The molecule has 2 N–H and O–H groups in total. The Morgan fingerprint density at radius 1 is 1.05 bits per heavy atom. The molecular weight excluding hydrogens is 250 g/mol. The summed E-state index contributed by atoms with van der Waals surface area (Å²) >= 11 is 0. The van der Waals surface area contributed by atoms with Crippen molar-refractivity contribution in [2.45, 2.75) is 6.92 Å². The van der Waals surface area contributed by atoms with E-state index in [4.69, 9.17) is 10.5 Å². The van der Waals surface area contributed by atoms with Gasteiger partial charge in [0.1, 0.15) is 11.6 Å². The van der Waals surface area contributed by atoms with Crippen molar-refractivity contribution in [2.24, 2.45) is 0 Å². The van der Waals surface area contributed by atoms with E-state index in [9.17, 15) is 0 Å². The predicted molar refractivity (Wildman–Crippen MR) is 80.7 cm³/mol. The molecule has 0 aliphatic heterocycles.